The van der Waals surface area contributed by atoms with E-state index in [2.05, 4.69) is 23.7 Å². The highest BCUT2D eigenvalue weighted by atomic mass is 32.1. The van der Waals surface area contributed by atoms with Gasteiger partial charge in [0.15, 0.2) is 10.9 Å². The van der Waals surface area contributed by atoms with Crippen molar-refractivity contribution in [3.05, 3.63) is 11.1 Å². The summed E-state index contributed by atoms with van der Waals surface area (Å²) >= 11 is 1.54. The van der Waals surface area contributed by atoms with Crippen LogP contribution in [-0.2, 0) is 4.74 Å². The molecule has 0 N–H and O–H groups in total. The van der Waals surface area contributed by atoms with Crippen molar-refractivity contribution in [1.82, 2.24) is 4.98 Å². The van der Waals surface area contributed by atoms with Gasteiger partial charge < -0.3 is 9.64 Å². The van der Waals surface area contributed by atoms with Crippen LogP contribution in [0.1, 0.15) is 37.7 Å². The Balaban J connectivity index is 2.19. The molecular weight excluding hydrogens is 236 g/mol. The van der Waals surface area contributed by atoms with E-state index in [0.29, 0.717) is 11.7 Å². The molecule has 94 valence electrons. The van der Waals surface area contributed by atoms with Crippen molar-refractivity contribution in [2.45, 2.75) is 39.3 Å². The van der Waals surface area contributed by atoms with Crippen molar-refractivity contribution >= 4 is 22.3 Å². The summed E-state index contributed by atoms with van der Waals surface area (Å²) in [4.78, 5) is 17.9. The monoisotopic (exact) mass is 254 g/mol. The lowest BCUT2D eigenvalue weighted by Crippen LogP contribution is -2.48. The average molecular weight is 254 g/mol. The molecule has 17 heavy (non-hydrogen) atoms. The first kappa shape index (κ1) is 12.5. The van der Waals surface area contributed by atoms with Crippen LogP contribution in [0, 0.1) is 0 Å². The lowest BCUT2D eigenvalue weighted by Gasteiger charge is -2.38. The first-order chi connectivity index (χ1) is 8.11. The minimum Gasteiger partial charge on any atom is -0.375 e. The Morgan fingerprint density at radius 1 is 1.71 bits per heavy atom. The molecule has 1 aromatic rings. The highest BCUT2D eigenvalue weighted by molar-refractivity contribution is 7.13. The molecule has 2 atom stereocenters. The largest absolute Gasteiger partial charge is 0.375 e. The van der Waals surface area contributed by atoms with E-state index < -0.39 is 0 Å². The van der Waals surface area contributed by atoms with Crippen molar-refractivity contribution in [3.63, 3.8) is 0 Å². The van der Waals surface area contributed by atoms with Gasteiger partial charge in [-0.05, 0) is 13.3 Å². The molecular formula is C12H18N2O2S. The van der Waals surface area contributed by atoms with Crippen molar-refractivity contribution < 1.29 is 9.53 Å². The van der Waals surface area contributed by atoms with E-state index in [-0.39, 0.29) is 11.9 Å². The van der Waals surface area contributed by atoms with Gasteiger partial charge in [0.2, 0.25) is 0 Å². The maximum Gasteiger partial charge on any atom is 0.186 e. The van der Waals surface area contributed by atoms with Gasteiger partial charge in [-0.15, -0.1) is 11.3 Å². The van der Waals surface area contributed by atoms with Crippen LogP contribution in [0.15, 0.2) is 5.38 Å². The summed E-state index contributed by atoms with van der Waals surface area (Å²) in [7, 11) is 0. The summed E-state index contributed by atoms with van der Waals surface area (Å²) in [6, 6.07) is 0.372. The standard InChI is InChI=1S/C12H18N2O2S/c1-4-10-6-16-8(2)5-14(10)12-13-11(7-17-12)9(3)15/h7-8,10H,4-6H2,1-3H3. The van der Waals surface area contributed by atoms with E-state index in [0.717, 1.165) is 24.7 Å². The minimum absolute atomic E-state index is 0.0295. The Morgan fingerprint density at radius 2 is 2.47 bits per heavy atom. The molecule has 0 spiro atoms. The van der Waals surface area contributed by atoms with Crippen LogP contribution in [0.2, 0.25) is 0 Å². The van der Waals surface area contributed by atoms with E-state index in [9.17, 15) is 4.79 Å². The Kier molecular flexibility index (Phi) is 3.79. The maximum absolute atomic E-state index is 11.3. The van der Waals surface area contributed by atoms with Gasteiger partial charge in [-0.2, -0.15) is 0 Å². The van der Waals surface area contributed by atoms with E-state index in [1.807, 2.05) is 5.38 Å². The van der Waals surface area contributed by atoms with Gasteiger partial charge in [-0.3, -0.25) is 4.79 Å². The summed E-state index contributed by atoms with van der Waals surface area (Å²) in [6.07, 6.45) is 1.25. The van der Waals surface area contributed by atoms with Crippen LogP contribution in [0.5, 0.6) is 0 Å². The van der Waals surface area contributed by atoms with Gasteiger partial charge in [0.25, 0.3) is 0 Å². The van der Waals surface area contributed by atoms with E-state index in [1.165, 1.54) is 0 Å². The smallest absolute Gasteiger partial charge is 0.186 e. The molecule has 0 aromatic carbocycles. The summed E-state index contributed by atoms with van der Waals surface area (Å²) < 4.78 is 5.66. The second kappa shape index (κ2) is 5.14. The summed E-state index contributed by atoms with van der Waals surface area (Å²) in [5.74, 6) is 0.0295. The van der Waals surface area contributed by atoms with E-state index in [4.69, 9.17) is 4.74 Å². The normalized spacial score (nSPS) is 25.0. The molecule has 1 saturated heterocycles. The van der Waals surface area contributed by atoms with Crippen LogP contribution in [-0.4, -0.2) is 36.1 Å². The number of nitrogens with zero attached hydrogens (tertiary/aromatic N) is 2. The van der Waals surface area contributed by atoms with Gasteiger partial charge >= 0.3 is 0 Å². The molecule has 2 rings (SSSR count). The zero-order valence-electron chi connectivity index (χ0n) is 10.5. The van der Waals surface area contributed by atoms with Crippen LogP contribution < -0.4 is 4.90 Å². The number of ether oxygens (including phenoxy) is 1. The van der Waals surface area contributed by atoms with Gasteiger partial charge in [0.05, 0.1) is 18.8 Å². The lowest BCUT2D eigenvalue weighted by atomic mass is 10.1. The number of Topliss-reactive ketones (excluding diaryl/α,β-unsaturated/α-hetero) is 1. The molecule has 0 amide bonds. The van der Waals surface area contributed by atoms with E-state index >= 15 is 0 Å². The summed E-state index contributed by atoms with van der Waals surface area (Å²) in [6.45, 7) is 7.36. The molecule has 0 aliphatic carbocycles. The molecule has 2 unspecified atom stereocenters. The number of carbonyl (C=O) groups is 1. The van der Waals surface area contributed by atoms with Gasteiger partial charge in [0, 0.05) is 18.8 Å². The molecule has 1 aromatic heterocycles. The van der Waals surface area contributed by atoms with Gasteiger partial charge in [-0.1, -0.05) is 6.92 Å². The number of hydrogen-bond acceptors (Lipinski definition) is 5. The SMILES string of the molecule is CCC1COC(C)CN1c1nc(C(C)=O)cs1. The zero-order chi connectivity index (χ0) is 12.4. The molecule has 5 heteroatoms. The van der Waals surface area contributed by atoms with Gasteiger partial charge in [0.1, 0.15) is 5.69 Å². The molecule has 2 heterocycles. The molecule has 0 bridgehead atoms. The zero-order valence-corrected chi connectivity index (χ0v) is 11.3. The predicted molar refractivity (Wildman–Crippen MR) is 69.0 cm³/mol. The third-order valence-corrected chi connectivity index (χ3v) is 3.92. The van der Waals surface area contributed by atoms with E-state index in [1.54, 1.807) is 18.3 Å². The molecule has 1 aliphatic rings. The third-order valence-electron chi connectivity index (χ3n) is 3.04. The number of carbonyl (C=O) groups excluding carboxylic acids is 1. The van der Waals surface area contributed by atoms with Gasteiger partial charge in [-0.25, -0.2) is 4.98 Å². The third kappa shape index (κ3) is 2.66. The Labute approximate surface area is 106 Å². The second-order valence-corrected chi connectivity index (χ2v) is 5.27. The first-order valence-electron chi connectivity index (χ1n) is 5.96. The van der Waals surface area contributed by atoms with Crippen molar-refractivity contribution in [2.75, 3.05) is 18.1 Å². The first-order valence-corrected chi connectivity index (χ1v) is 6.84. The molecule has 4 nitrogen and oxygen atoms in total. The fourth-order valence-corrected chi connectivity index (χ4v) is 2.92. The van der Waals surface area contributed by atoms with Crippen molar-refractivity contribution in [2.24, 2.45) is 0 Å². The van der Waals surface area contributed by atoms with Crippen LogP contribution >= 0.6 is 11.3 Å². The topological polar surface area (TPSA) is 42.4 Å². The van der Waals surface area contributed by atoms with Crippen molar-refractivity contribution in [3.8, 4) is 0 Å². The van der Waals surface area contributed by atoms with Crippen molar-refractivity contribution in [1.29, 1.82) is 0 Å². The van der Waals surface area contributed by atoms with Crippen LogP contribution in [0.3, 0.4) is 0 Å². The number of morpholine rings is 1. The number of hydrogen-bond donors (Lipinski definition) is 0. The van der Waals surface area contributed by atoms with Crippen LogP contribution in [0.4, 0.5) is 5.13 Å². The van der Waals surface area contributed by atoms with Crippen LogP contribution in [0.25, 0.3) is 0 Å². The number of thiazole rings is 1. The fourth-order valence-electron chi connectivity index (χ4n) is 1.97. The second-order valence-electron chi connectivity index (χ2n) is 4.43. The quantitative estimate of drug-likeness (QED) is 0.777. The summed E-state index contributed by atoms with van der Waals surface area (Å²) in [5.41, 5.74) is 0.569. The predicted octanol–water partition coefficient (Wildman–Crippen LogP) is 2.35. The molecule has 1 fully saturated rings. The molecule has 0 saturated carbocycles. The maximum atomic E-state index is 11.3. The number of rotatable bonds is 3. The highest BCUT2D eigenvalue weighted by Crippen LogP contribution is 2.27. The average Bonchev–Trinajstić information content (AvgIpc) is 2.78. The fraction of sp³-hybridized carbons (Fsp3) is 0.667. The number of aromatic nitrogens is 1. The Bertz CT molecular complexity index is 405. The molecule has 0 radical (unpaired) electrons. The number of ketones is 1. The minimum atomic E-state index is 0.0295. The highest BCUT2D eigenvalue weighted by Gasteiger charge is 2.27. The lowest BCUT2D eigenvalue weighted by molar-refractivity contribution is 0.0299. The molecule has 1 aliphatic heterocycles. The number of anilines is 1. The summed E-state index contributed by atoms with van der Waals surface area (Å²) in [5, 5.41) is 2.78. The Morgan fingerprint density at radius 3 is 3.06 bits per heavy atom. The Hall–Kier alpha value is -0.940.